The minimum absolute atomic E-state index is 0.105. The van der Waals surface area contributed by atoms with E-state index < -0.39 is 0 Å². The third-order valence-electron chi connectivity index (χ3n) is 5.19. The number of carbonyl (C=O) groups is 2. The van der Waals surface area contributed by atoms with Crippen LogP contribution < -0.4 is 5.32 Å². The van der Waals surface area contributed by atoms with Crippen molar-refractivity contribution in [3.05, 3.63) is 77.9 Å². The molecule has 2 aromatic rings. The Bertz CT molecular complexity index is 826. The molecule has 1 N–H and O–H groups in total. The summed E-state index contributed by atoms with van der Waals surface area (Å²) in [5, 5.41) is 2.82. The van der Waals surface area contributed by atoms with Gasteiger partial charge >= 0.3 is 0 Å². The lowest BCUT2D eigenvalue weighted by molar-refractivity contribution is -0.132. The Morgan fingerprint density at radius 1 is 0.931 bits per heavy atom. The Morgan fingerprint density at radius 2 is 1.55 bits per heavy atom. The molecule has 1 heterocycles. The maximum absolute atomic E-state index is 12.4. The maximum atomic E-state index is 12.4. The molecule has 0 bridgehead atoms. The Labute approximate surface area is 173 Å². The number of hydrogen-bond acceptors (Lipinski definition) is 3. The van der Waals surface area contributed by atoms with Gasteiger partial charge in [-0.1, -0.05) is 60.7 Å². The van der Waals surface area contributed by atoms with E-state index in [1.807, 2.05) is 48.2 Å². The van der Waals surface area contributed by atoms with Gasteiger partial charge in [-0.05, 0) is 23.6 Å². The van der Waals surface area contributed by atoms with E-state index in [-0.39, 0.29) is 11.8 Å². The molecule has 1 aliphatic rings. The molecule has 0 radical (unpaired) electrons. The highest BCUT2D eigenvalue weighted by atomic mass is 16.2. The number of rotatable bonds is 7. The van der Waals surface area contributed by atoms with E-state index in [9.17, 15) is 9.59 Å². The minimum Gasteiger partial charge on any atom is -0.352 e. The summed E-state index contributed by atoms with van der Waals surface area (Å²) in [5.41, 5.74) is 3.23. The van der Waals surface area contributed by atoms with Crippen LogP contribution in [0.2, 0.25) is 0 Å². The van der Waals surface area contributed by atoms with Crippen molar-refractivity contribution in [2.75, 3.05) is 32.7 Å². The van der Waals surface area contributed by atoms with Gasteiger partial charge in [0, 0.05) is 51.8 Å². The fraction of sp³-hybridized carbons (Fsp3) is 0.333. The molecule has 0 aromatic heterocycles. The van der Waals surface area contributed by atoms with Gasteiger partial charge in [-0.25, -0.2) is 0 Å². The molecule has 0 aliphatic carbocycles. The van der Waals surface area contributed by atoms with Gasteiger partial charge in [0.05, 0.1) is 0 Å². The predicted octanol–water partition coefficient (Wildman–Crippen LogP) is 2.94. The van der Waals surface area contributed by atoms with E-state index in [1.54, 1.807) is 6.08 Å². The third kappa shape index (κ3) is 6.57. The smallest absolute Gasteiger partial charge is 0.244 e. The van der Waals surface area contributed by atoms with Crippen LogP contribution in [0.15, 0.2) is 66.7 Å². The summed E-state index contributed by atoms with van der Waals surface area (Å²) in [4.78, 5) is 28.8. The number of hydrogen-bond donors (Lipinski definition) is 1. The lowest BCUT2D eigenvalue weighted by atomic mass is 10.1. The molecule has 5 heteroatoms. The Balaban J connectivity index is 1.36. The molecule has 3 rings (SSSR count). The van der Waals surface area contributed by atoms with E-state index in [0.29, 0.717) is 13.0 Å². The number of amides is 2. The van der Waals surface area contributed by atoms with E-state index >= 15 is 0 Å². The standard InChI is InChI=1S/C24H29N3O2/c1-20(22-10-6-3-7-11-22)18-23(28)25-13-12-24(29)27-16-14-26(15-17-27)19-21-8-4-2-5-9-21/h2-11,18H,12-17,19H2,1H3,(H,25,28)/b20-18+. The van der Waals surface area contributed by atoms with E-state index in [0.717, 1.165) is 43.9 Å². The zero-order valence-corrected chi connectivity index (χ0v) is 17.0. The number of benzene rings is 2. The van der Waals surface area contributed by atoms with Gasteiger partial charge in [0.25, 0.3) is 0 Å². The first-order valence-electron chi connectivity index (χ1n) is 10.2. The number of allylic oxidation sites excluding steroid dienone is 1. The Morgan fingerprint density at radius 3 is 2.21 bits per heavy atom. The molecule has 2 aromatic carbocycles. The summed E-state index contributed by atoms with van der Waals surface area (Å²) in [5.74, 6) is -0.0553. The van der Waals surface area contributed by atoms with Crippen molar-refractivity contribution < 1.29 is 9.59 Å². The zero-order valence-electron chi connectivity index (χ0n) is 17.0. The first kappa shape index (κ1) is 20.8. The van der Waals surface area contributed by atoms with Crippen molar-refractivity contribution in [3.8, 4) is 0 Å². The molecule has 5 nitrogen and oxygen atoms in total. The van der Waals surface area contributed by atoms with Crippen LogP contribution in [0.5, 0.6) is 0 Å². The van der Waals surface area contributed by atoms with Crippen LogP contribution >= 0.6 is 0 Å². The van der Waals surface area contributed by atoms with Crippen molar-refractivity contribution in [3.63, 3.8) is 0 Å². The maximum Gasteiger partial charge on any atom is 0.244 e. The van der Waals surface area contributed by atoms with Crippen LogP contribution in [-0.4, -0.2) is 54.3 Å². The molecule has 2 amide bonds. The highest BCUT2D eigenvalue weighted by molar-refractivity contribution is 5.95. The lowest BCUT2D eigenvalue weighted by Crippen LogP contribution is -2.48. The van der Waals surface area contributed by atoms with Gasteiger partial charge < -0.3 is 10.2 Å². The van der Waals surface area contributed by atoms with Gasteiger partial charge in [-0.3, -0.25) is 14.5 Å². The molecule has 0 spiro atoms. The van der Waals surface area contributed by atoms with E-state index in [1.165, 1.54) is 5.56 Å². The first-order valence-corrected chi connectivity index (χ1v) is 10.2. The summed E-state index contributed by atoms with van der Waals surface area (Å²) in [6.45, 7) is 6.44. The van der Waals surface area contributed by atoms with Crippen LogP contribution in [0.4, 0.5) is 0 Å². The van der Waals surface area contributed by atoms with Crippen LogP contribution in [0.25, 0.3) is 5.57 Å². The molecular formula is C24H29N3O2. The SMILES string of the molecule is C/C(=C\C(=O)NCCC(=O)N1CCN(Cc2ccccc2)CC1)c1ccccc1. The second kappa shape index (κ2) is 10.6. The van der Waals surface area contributed by atoms with Gasteiger partial charge in [0.1, 0.15) is 0 Å². The van der Waals surface area contributed by atoms with Gasteiger partial charge in [-0.15, -0.1) is 0 Å². The number of nitrogens with zero attached hydrogens (tertiary/aromatic N) is 2. The second-order valence-electron chi connectivity index (χ2n) is 7.38. The highest BCUT2D eigenvalue weighted by Crippen LogP contribution is 2.12. The molecule has 1 fully saturated rings. The summed E-state index contributed by atoms with van der Waals surface area (Å²) >= 11 is 0. The van der Waals surface area contributed by atoms with Crippen molar-refractivity contribution >= 4 is 17.4 Å². The lowest BCUT2D eigenvalue weighted by Gasteiger charge is -2.34. The molecule has 0 atom stereocenters. The highest BCUT2D eigenvalue weighted by Gasteiger charge is 2.20. The monoisotopic (exact) mass is 391 g/mol. The van der Waals surface area contributed by atoms with Crippen molar-refractivity contribution in [2.24, 2.45) is 0 Å². The molecule has 1 saturated heterocycles. The third-order valence-corrected chi connectivity index (χ3v) is 5.19. The molecule has 152 valence electrons. The number of piperazine rings is 1. The van der Waals surface area contributed by atoms with Crippen molar-refractivity contribution in [1.82, 2.24) is 15.1 Å². The molecule has 29 heavy (non-hydrogen) atoms. The molecule has 0 saturated carbocycles. The first-order chi connectivity index (χ1) is 14.1. The van der Waals surface area contributed by atoms with Crippen LogP contribution in [0.1, 0.15) is 24.5 Å². The van der Waals surface area contributed by atoms with Crippen LogP contribution in [0, 0.1) is 0 Å². The largest absolute Gasteiger partial charge is 0.352 e. The average Bonchev–Trinajstić information content (AvgIpc) is 2.75. The summed E-state index contributed by atoms with van der Waals surface area (Å²) in [7, 11) is 0. The normalized spacial score (nSPS) is 15.2. The van der Waals surface area contributed by atoms with Crippen molar-refractivity contribution in [1.29, 1.82) is 0 Å². The topological polar surface area (TPSA) is 52.7 Å². The van der Waals surface area contributed by atoms with Gasteiger partial charge in [-0.2, -0.15) is 0 Å². The fourth-order valence-corrected chi connectivity index (χ4v) is 3.48. The summed E-state index contributed by atoms with van der Waals surface area (Å²) in [6.07, 6.45) is 1.92. The zero-order chi connectivity index (χ0) is 20.5. The van der Waals surface area contributed by atoms with Gasteiger partial charge in [0.2, 0.25) is 11.8 Å². The van der Waals surface area contributed by atoms with Gasteiger partial charge in [0.15, 0.2) is 0 Å². The summed E-state index contributed by atoms with van der Waals surface area (Å²) in [6, 6.07) is 20.2. The predicted molar refractivity (Wildman–Crippen MR) is 116 cm³/mol. The minimum atomic E-state index is -0.160. The molecule has 0 unspecified atom stereocenters. The Kier molecular flexibility index (Phi) is 7.59. The molecule has 1 aliphatic heterocycles. The fourth-order valence-electron chi connectivity index (χ4n) is 3.48. The van der Waals surface area contributed by atoms with Crippen LogP contribution in [0.3, 0.4) is 0 Å². The Hall–Kier alpha value is -2.92. The van der Waals surface area contributed by atoms with E-state index in [4.69, 9.17) is 0 Å². The van der Waals surface area contributed by atoms with Crippen LogP contribution in [-0.2, 0) is 16.1 Å². The van der Waals surface area contributed by atoms with E-state index in [2.05, 4.69) is 34.5 Å². The number of carbonyl (C=O) groups excluding carboxylic acids is 2. The summed E-state index contributed by atoms with van der Waals surface area (Å²) < 4.78 is 0. The second-order valence-corrected chi connectivity index (χ2v) is 7.38. The molecular weight excluding hydrogens is 362 g/mol. The quantitative estimate of drug-likeness (QED) is 0.739. The van der Waals surface area contributed by atoms with Crippen molar-refractivity contribution in [2.45, 2.75) is 19.9 Å². The average molecular weight is 392 g/mol. The number of nitrogens with one attached hydrogen (secondary N) is 1.